The Kier molecular flexibility index (Phi) is 6.41. The highest BCUT2D eigenvalue weighted by molar-refractivity contribution is 6.09. The Bertz CT molecular complexity index is 1020. The van der Waals surface area contributed by atoms with E-state index < -0.39 is 0 Å². The number of hydrogen-bond donors (Lipinski definition) is 1. The van der Waals surface area contributed by atoms with E-state index in [9.17, 15) is 4.79 Å². The number of aromatic nitrogens is 3. The van der Waals surface area contributed by atoms with Crippen LogP contribution in [0.1, 0.15) is 25.6 Å². The van der Waals surface area contributed by atoms with Gasteiger partial charge < -0.3 is 19.5 Å². The van der Waals surface area contributed by atoms with E-state index in [1.165, 1.54) is 0 Å². The number of aliphatic imine (C=N–C) groups is 2. The molecule has 1 amide bonds. The van der Waals surface area contributed by atoms with Crippen LogP contribution in [0.15, 0.2) is 28.4 Å². The Balaban J connectivity index is 1.71. The number of hydrogen-bond acceptors (Lipinski definition) is 7. The van der Waals surface area contributed by atoms with Crippen molar-refractivity contribution in [2.24, 2.45) is 15.9 Å². The molecule has 2 fully saturated rings. The fraction of sp³-hybridized carbons (Fsp3) is 0.500. The Morgan fingerprint density at radius 1 is 1.42 bits per heavy atom. The van der Waals surface area contributed by atoms with Crippen molar-refractivity contribution in [1.29, 1.82) is 0 Å². The highest BCUT2D eigenvalue weighted by Gasteiger charge is 2.39. The number of anilines is 1. The van der Waals surface area contributed by atoms with Crippen LogP contribution in [0.3, 0.4) is 0 Å². The summed E-state index contributed by atoms with van der Waals surface area (Å²) >= 11 is 0. The van der Waals surface area contributed by atoms with Crippen LogP contribution >= 0.6 is 0 Å². The van der Waals surface area contributed by atoms with E-state index in [4.69, 9.17) is 9.72 Å². The molecule has 31 heavy (non-hydrogen) atoms. The third kappa shape index (κ3) is 4.36. The molecule has 1 N–H and O–H groups in total. The van der Waals surface area contributed by atoms with Gasteiger partial charge in [-0.3, -0.25) is 14.8 Å². The first-order chi connectivity index (χ1) is 15.2. The van der Waals surface area contributed by atoms with Gasteiger partial charge in [-0.15, -0.1) is 0 Å². The van der Waals surface area contributed by atoms with Gasteiger partial charge in [-0.05, 0) is 38.5 Å². The highest BCUT2D eigenvalue weighted by atomic mass is 16.5. The van der Waals surface area contributed by atoms with E-state index in [0.29, 0.717) is 38.8 Å². The number of rotatable bonds is 8. The van der Waals surface area contributed by atoms with Crippen molar-refractivity contribution < 1.29 is 9.53 Å². The van der Waals surface area contributed by atoms with Crippen LogP contribution in [0.4, 0.5) is 5.69 Å². The maximum absolute atomic E-state index is 13.2. The first kappa shape index (κ1) is 21.2. The van der Waals surface area contributed by atoms with Crippen molar-refractivity contribution in [3.05, 3.63) is 24.3 Å². The van der Waals surface area contributed by atoms with Crippen LogP contribution in [0.2, 0.25) is 0 Å². The van der Waals surface area contributed by atoms with Crippen molar-refractivity contribution in [1.82, 2.24) is 19.4 Å². The molecule has 1 aliphatic carbocycles. The molecule has 1 unspecified atom stereocenters. The van der Waals surface area contributed by atoms with Crippen molar-refractivity contribution in [2.75, 3.05) is 38.7 Å². The number of carbonyl (C=O) groups is 1. The molecule has 1 atom stereocenters. The summed E-state index contributed by atoms with van der Waals surface area (Å²) in [7, 11) is 1.71. The first-order valence-corrected chi connectivity index (χ1v) is 10.7. The molecule has 164 valence electrons. The molecule has 9 heteroatoms. The normalized spacial score (nSPS) is 18.5. The number of allylic oxidation sites excluding steroid dienone is 1. The number of pyridine rings is 1. The zero-order chi connectivity index (χ0) is 21.8. The molecule has 1 aliphatic heterocycles. The minimum atomic E-state index is -0.263. The Morgan fingerprint density at radius 3 is 2.84 bits per heavy atom. The summed E-state index contributed by atoms with van der Waals surface area (Å²) in [4.78, 5) is 32.6. The monoisotopic (exact) mass is 423 g/mol. The molecule has 0 spiro atoms. The Morgan fingerprint density at radius 2 is 2.19 bits per heavy atom. The van der Waals surface area contributed by atoms with Crippen LogP contribution in [-0.2, 0) is 16.1 Å². The number of carbonyl (C=O) groups excluding carboxylic acids is 1. The number of aryl methyl sites for hydroxylation is 1. The van der Waals surface area contributed by atoms with E-state index in [-0.39, 0.29) is 11.9 Å². The number of imidazole rings is 1. The highest BCUT2D eigenvalue weighted by Crippen LogP contribution is 2.36. The number of nitrogens with one attached hydrogen (secondary N) is 1. The minimum Gasteiger partial charge on any atom is -0.378 e. The molecular formula is C22H29N7O2. The molecule has 3 heterocycles. The SMILES string of the molecule is C=N/C=C(\C=NC)c1nc2c(NC(C(=O)N3CCOCC3)C3CC3)ccnc2n1CC. The standard InChI is InChI=1S/C22H29N7O2/c1-4-29-20(16(13-23-2)14-24-3)27-19-17(7-8-25-21(19)29)26-18(15-5-6-15)22(30)28-9-11-31-12-10-28/h7-8,13-15,18H,2,4-6,9-12H2,1,3H3,(H,25,26)/b16-13+,24-14?. The average Bonchev–Trinajstić information content (AvgIpc) is 3.57. The van der Waals surface area contributed by atoms with Gasteiger partial charge in [-0.1, -0.05) is 0 Å². The number of amides is 1. The molecule has 1 saturated carbocycles. The molecule has 2 aliphatic rings. The van der Waals surface area contributed by atoms with Gasteiger partial charge in [0.25, 0.3) is 0 Å². The van der Waals surface area contributed by atoms with Gasteiger partial charge in [0, 0.05) is 45.3 Å². The molecule has 0 bridgehead atoms. The lowest BCUT2D eigenvalue weighted by Gasteiger charge is -2.31. The average molecular weight is 424 g/mol. The summed E-state index contributed by atoms with van der Waals surface area (Å²) in [6, 6.07) is 1.63. The minimum absolute atomic E-state index is 0.139. The predicted octanol–water partition coefficient (Wildman–Crippen LogP) is 2.24. The quantitative estimate of drug-likeness (QED) is 0.657. The molecule has 9 nitrogen and oxygen atoms in total. The third-order valence-electron chi connectivity index (χ3n) is 5.70. The lowest BCUT2D eigenvalue weighted by Crippen LogP contribution is -2.48. The lowest BCUT2D eigenvalue weighted by molar-refractivity contribution is -0.136. The lowest BCUT2D eigenvalue weighted by atomic mass is 10.1. The summed E-state index contributed by atoms with van der Waals surface area (Å²) < 4.78 is 7.43. The van der Waals surface area contributed by atoms with E-state index in [0.717, 1.165) is 41.1 Å². The van der Waals surface area contributed by atoms with Gasteiger partial charge in [-0.2, -0.15) is 0 Å². The Hall–Kier alpha value is -3.07. The number of ether oxygens (including phenoxy) is 1. The second-order valence-electron chi connectivity index (χ2n) is 7.76. The number of nitrogens with zero attached hydrogens (tertiary/aromatic N) is 6. The van der Waals surface area contributed by atoms with Crippen molar-refractivity contribution >= 4 is 41.3 Å². The van der Waals surface area contributed by atoms with Crippen LogP contribution in [0, 0.1) is 5.92 Å². The van der Waals surface area contributed by atoms with Crippen molar-refractivity contribution in [3.8, 4) is 0 Å². The molecular weight excluding hydrogens is 394 g/mol. The van der Waals surface area contributed by atoms with E-state index in [2.05, 4.69) is 27.0 Å². The van der Waals surface area contributed by atoms with Crippen molar-refractivity contribution in [3.63, 3.8) is 0 Å². The number of fused-ring (bicyclic) bond motifs is 1. The molecule has 1 saturated heterocycles. The summed E-state index contributed by atoms with van der Waals surface area (Å²) in [5.74, 6) is 1.21. The van der Waals surface area contributed by atoms with Gasteiger partial charge in [0.05, 0.1) is 24.5 Å². The smallest absolute Gasteiger partial charge is 0.245 e. The second-order valence-corrected chi connectivity index (χ2v) is 7.76. The van der Waals surface area contributed by atoms with Gasteiger partial charge in [-0.25, -0.2) is 9.97 Å². The Labute approximate surface area is 181 Å². The molecule has 2 aromatic rings. The van der Waals surface area contributed by atoms with Gasteiger partial charge in [0.2, 0.25) is 5.91 Å². The number of morpholine rings is 1. The van der Waals surface area contributed by atoms with Crippen LogP contribution in [0.25, 0.3) is 16.7 Å². The van der Waals surface area contributed by atoms with Crippen LogP contribution in [-0.4, -0.2) is 77.7 Å². The molecule has 0 radical (unpaired) electrons. The third-order valence-corrected chi connectivity index (χ3v) is 5.70. The fourth-order valence-electron chi connectivity index (χ4n) is 4.00. The van der Waals surface area contributed by atoms with Gasteiger partial charge >= 0.3 is 0 Å². The zero-order valence-electron chi connectivity index (χ0n) is 18.1. The maximum Gasteiger partial charge on any atom is 0.245 e. The summed E-state index contributed by atoms with van der Waals surface area (Å²) in [6.45, 7) is 8.77. The topological polar surface area (TPSA) is 97.0 Å². The molecule has 0 aromatic carbocycles. The van der Waals surface area contributed by atoms with E-state index >= 15 is 0 Å². The first-order valence-electron chi connectivity index (χ1n) is 10.7. The molecule has 4 rings (SSSR count). The summed E-state index contributed by atoms with van der Waals surface area (Å²) in [5.41, 5.74) is 3.07. The van der Waals surface area contributed by atoms with E-state index in [1.54, 1.807) is 25.7 Å². The molecule has 2 aromatic heterocycles. The largest absolute Gasteiger partial charge is 0.378 e. The predicted molar refractivity (Wildman–Crippen MR) is 123 cm³/mol. The second kappa shape index (κ2) is 9.38. The summed E-state index contributed by atoms with van der Waals surface area (Å²) in [6.07, 6.45) is 7.23. The van der Waals surface area contributed by atoms with E-state index in [1.807, 2.05) is 22.5 Å². The van der Waals surface area contributed by atoms with Crippen LogP contribution < -0.4 is 5.32 Å². The maximum atomic E-state index is 13.2. The fourth-order valence-corrected chi connectivity index (χ4v) is 4.00. The van der Waals surface area contributed by atoms with Gasteiger partial charge in [0.1, 0.15) is 17.4 Å². The van der Waals surface area contributed by atoms with Crippen molar-refractivity contribution in [2.45, 2.75) is 32.4 Å². The van der Waals surface area contributed by atoms with Crippen LogP contribution in [0.5, 0.6) is 0 Å². The van der Waals surface area contributed by atoms with Gasteiger partial charge in [0.15, 0.2) is 5.65 Å². The zero-order valence-corrected chi connectivity index (χ0v) is 18.1. The summed E-state index contributed by atoms with van der Waals surface area (Å²) in [5, 5.41) is 3.51.